The standard InChI is InChI=1S/C15H16F3NO4/c1-23-13(20)11-3-2-10(8-12(11)15(16,17)18)9-4-6-19(7-5-9)14(21)22/h2-3,8-9H,4-7H2,1H3,(H,21,22). The predicted molar refractivity (Wildman–Crippen MR) is 74.4 cm³/mol. The zero-order valence-electron chi connectivity index (χ0n) is 12.4. The molecule has 0 bridgehead atoms. The van der Waals surface area contributed by atoms with Crippen LogP contribution in [-0.4, -0.2) is 42.3 Å². The van der Waals surface area contributed by atoms with Crippen molar-refractivity contribution in [2.45, 2.75) is 24.9 Å². The molecule has 1 aliphatic rings. The molecule has 5 nitrogen and oxygen atoms in total. The van der Waals surface area contributed by atoms with E-state index in [1.165, 1.54) is 11.0 Å². The van der Waals surface area contributed by atoms with Crippen molar-refractivity contribution in [1.82, 2.24) is 4.90 Å². The van der Waals surface area contributed by atoms with Gasteiger partial charge in [0.2, 0.25) is 0 Å². The summed E-state index contributed by atoms with van der Waals surface area (Å²) < 4.78 is 43.9. The van der Waals surface area contributed by atoms with Crippen LogP contribution in [0.15, 0.2) is 18.2 Å². The lowest BCUT2D eigenvalue weighted by Gasteiger charge is -2.30. The van der Waals surface area contributed by atoms with Crippen molar-refractivity contribution in [3.8, 4) is 0 Å². The summed E-state index contributed by atoms with van der Waals surface area (Å²) in [6.45, 7) is 0.556. The number of rotatable bonds is 2. The number of esters is 1. The summed E-state index contributed by atoms with van der Waals surface area (Å²) in [4.78, 5) is 23.6. The van der Waals surface area contributed by atoms with Gasteiger partial charge in [-0.2, -0.15) is 13.2 Å². The largest absolute Gasteiger partial charge is 0.465 e. The Kier molecular flexibility index (Phi) is 4.82. The molecule has 1 aromatic carbocycles. The van der Waals surface area contributed by atoms with Crippen molar-refractivity contribution in [1.29, 1.82) is 0 Å². The molecule has 1 saturated heterocycles. The lowest BCUT2D eigenvalue weighted by atomic mass is 9.87. The molecule has 126 valence electrons. The first-order chi connectivity index (χ1) is 10.7. The van der Waals surface area contributed by atoms with E-state index in [1.54, 1.807) is 0 Å². The third-order valence-corrected chi connectivity index (χ3v) is 3.99. The van der Waals surface area contributed by atoms with Crippen LogP contribution in [0.25, 0.3) is 0 Å². The van der Waals surface area contributed by atoms with Crippen LogP contribution in [0.1, 0.15) is 40.2 Å². The van der Waals surface area contributed by atoms with Crippen molar-refractivity contribution >= 4 is 12.1 Å². The molecule has 0 aromatic heterocycles. The van der Waals surface area contributed by atoms with Crippen molar-refractivity contribution in [3.63, 3.8) is 0 Å². The molecule has 1 amide bonds. The normalized spacial score (nSPS) is 16.3. The maximum atomic E-state index is 13.2. The summed E-state index contributed by atoms with van der Waals surface area (Å²) >= 11 is 0. The maximum absolute atomic E-state index is 13.2. The van der Waals surface area contributed by atoms with E-state index in [2.05, 4.69) is 4.74 Å². The lowest BCUT2D eigenvalue weighted by Crippen LogP contribution is -2.36. The minimum atomic E-state index is -4.67. The zero-order valence-corrected chi connectivity index (χ0v) is 12.4. The number of nitrogens with zero attached hydrogens (tertiary/aromatic N) is 1. The predicted octanol–water partition coefficient (Wildman–Crippen LogP) is 3.35. The van der Waals surface area contributed by atoms with E-state index in [1.807, 2.05) is 0 Å². The highest BCUT2D eigenvalue weighted by Crippen LogP contribution is 2.36. The number of carbonyl (C=O) groups is 2. The molecule has 0 atom stereocenters. The highest BCUT2D eigenvalue weighted by atomic mass is 19.4. The third kappa shape index (κ3) is 3.75. The van der Waals surface area contributed by atoms with Crippen molar-refractivity contribution in [2.24, 2.45) is 0 Å². The number of amides is 1. The van der Waals surface area contributed by atoms with E-state index >= 15 is 0 Å². The number of carboxylic acid groups (broad SMARTS) is 1. The average molecular weight is 331 g/mol. The van der Waals surface area contributed by atoms with Crippen LogP contribution in [-0.2, 0) is 10.9 Å². The number of ether oxygens (including phenoxy) is 1. The van der Waals surface area contributed by atoms with E-state index in [9.17, 15) is 22.8 Å². The van der Waals surface area contributed by atoms with Crippen molar-refractivity contribution in [3.05, 3.63) is 34.9 Å². The van der Waals surface area contributed by atoms with Gasteiger partial charge in [0.1, 0.15) is 0 Å². The fourth-order valence-corrected chi connectivity index (χ4v) is 2.74. The number of hydrogen-bond acceptors (Lipinski definition) is 3. The van der Waals surface area contributed by atoms with E-state index < -0.39 is 29.4 Å². The molecule has 0 aliphatic carbocycles. The molecule has 1 aromatic rings. The quantitative estimate of drug-likeness (QED) is 0.844. The second-order valence-corrected chi connectivity index (χ2v) is 5.34. The van der Waals surface area contributed by atoms with Gasteiger partial charge in [-0.3, -0.25) is 0 Å². The minimum Gasteiger partial charge on any atom is -0.465 e. The molecule has 1 aliphatic heterocycles. The summed E-state index contributed by atoms with van der Waals surface area (Å²) in [6, 6.07) is 3.56. The summed E-state index contributed by atoms with van der Waals surface area (Å²) in [7, 11) is 1.03. The Morgan fingerprint density at radius 1 is 1.26 bits per heavy atom. The summed E-state index contributed by atoms with van der Waals surface area (Å²) in [5.74, 6) is -1.21. The summed E-state index contributed by atoms with van der Waals surface area (Å²) in [6.07, 6.45) is -4.80. The second kappa shape index (κ2) is 6.47. The molecule has 8 heteroatoms. The number of likely N-dealkylation sites (tertiary alicyclic amines) is 1. The van der Waals surface area contributed by atoms with Crippen LogP contribution in [0.3, 0.4) is 0 Å². The SMILES string of the molecule is COC(=O)c1ccc(C2CCN(C(=O)O)CC2)cc1C(F)(F)F. The van der Waals surface area contributed by atoms with Crippen molar-refractivity contribution < 1.29 is 32.6 Å². The van der Waals surface area contributed by atoms with Gasteiger partial charge in [-0.25, -0.2) is 9.59 Å². The molecule has 2 rings (SSSR count). The highest BCUT2D eigenvalue weighted by molar-refractivity contribution is 5.91. The Labute approximate surface area is 130 Å². The summed E-state index contributed by atoms with van der Waals surface area (Å²) in [5, 5.41) is 8.90. The van der Waals surface area contributed by atoms with Crippen LogP contribution < -0.4 is 0 Å². The smallest absolute Gasteiger partial charge is 0.417 e. The van der Waals surface area contributed by atoms with Crippen LogP contribution in [0.5, 0.6) is 0 Å². The van der Waals surface area contributed by atoms with Gasteiger partial charge in [0.05, 0.1) is 18.2 Å². The third-order valence-electron chi connectivity index (χ3n) is 3.99. The molecular formula is C15H16F3NO4. The molecule has 0 saturated carbocycles. The average Bonchev–Trinajstić information content (AvgIpc) is 2.52. The highest BCUT2D eigenvalue weighted by Gasteiger charge is 2.36. The van der Waals surface area contributed by atoms with E-state index in [0.717, 1.165) is 19.2 Å². The number of methoxy groups -OCH3 is 1. The van der Waals surface area contributed by atoms with Crippen molar-refractivity contribution in [2.75, 3.05) is 20.2 Å². The molecule has 1 heterocycles. The first-order valence-corrected chi connectivity index (χ1v) is 7.01. The number of piperidine rings is 1. The molecule has 0 unspecified atom stereocenters. The maximum Gasteiger partial charge on any atom is 0.417 e. The molecule has 23 heavy (non-hydrogen) atoms. The first-order valence-electron chi connectivity index (χ1n) is 7.01. The van der Waals surface area contributed by atoms with E-state index in [-0.39, 0.29) is 19.0 Å². The first kappa shape index (κ1) is 17.1. The number of alkyl halides is 3. The van der Waals surface area contributed by atoms with Gasteiger partial charge in [-0.05, 0) is 36.5 Å². The fraction of sp³-hybridized carbons (Fsp3) is 0.467. The van der Waals surface area contributed by atoms with Crippen LogP contribution >= 0.6 is 0 Å². The van der Waals surface area contributed by atoms with Gasteiger partial charge in [0.15, 0.2) is 0 Å². The monoisotopic (exact) mass is 331 g/mol. The van der Waals surface area contributed by atoms with Gasteiger partial charge in [-0.15, -0.1) is 0 Å². The Hall–Kier alpha value is -2.25. The van der Waals surface area contributed by atoms with Gasteiger partial charge in [0, 0.05) is 13.1 Å². The zero-order chi connectivity index (χ0) is 17.2. The van der Waals surface area contributed by atoms with Gasteiger partial charge < -0.3 is 14.7 Å². The second-order valence-electron chi connectivity index (χ2n) is 5.34. The van der Waals surface area contributed by atoms with E-state index in [0.29, 0.717) is 18.4 Å². The Morgan fingerprint density at radius 3 is 2.35 bits per heavy atom. The minimum absolute atomic E-state index is 0.168. The van der Waals surface area contributed by atoms with Crippen LogP contribution in [0.4, 0.5) is 18.0 Å². The van der Waals surface area contributed by atoms with Crippen LogP contribution in [0.2, 0.25) is 0 Å². The Morgan fingerprint density at radius 2 is 1.87 bits per heavy atom. The number of carbonyl (C=O) groups excluding carboxylic acids is 1. The van der Waals surface area contributed by atoms with Gasteiger partial charge in [-0.1, -0.05) is 6.07 Å². The number of benzene rings is 1. The molecular weight excluding hydrogens is 315 g/mol. The van der Waals surface area contributed by atoms with E-state index in [4.69, 9.17) is 5.11 Å². The molecule has 0 spiro atoms. The van der Waals surface area contributed by atoms with Gasteiger partial charge >= 0.3 is 18.2 Å². The topological polar surface area (TPSA) is 66.8 Å². The number of hydrogen-bond donors (Lipinski definition) is 1. The lowest BCUT2D eigenvalue weighted by molar-refractivity contribution is -0.138. The fourth-order valence-electron chi connectivity index (χ4n) is 2.74. The number of halogens is 3. The van der Waals surface area contributed by atoms with Crippen LogP contribution in [0, 0.1) is 0 Å². The Bertz CT molecular complexity index is 607. The Balaban J connectivity index is 2.28. The molecule has 0 radical (unpaired) electrons. The van der Waals surface area contributed by atoms with Gasteiger partial charge in [0.25, 0.3) is 0 Å². The summed E-state index contributed by atoms with van der Waals surface area (Å²) in [5.41, 5.74) is -1.09. The molecule has 1 fully saturated rings. The molecule has 1 N–H and O–H groups in total.